The summed E-state index contributed by atoms with van der Waals surface area (Å²) in [4.78, 5) is 13.4. The van der Waals surface area contributed by atoms with Gasteiger partial charge in [-0.2, -0.15) is 0 Å². The second kappa shape index (κ2) is 7.96. The van der Waals surface area contributed by atoms with E-state index in [2.05, 4.69) is 12.2 Å². The zero-order valence-electron chi connectivity index (χ0n) is 10.5. The fraction of sp³-hybridized carbons (Fsp3) is 0.818. The van der Waals surface area contributed by atoms with Gasteiger partial charge in [0.25, 0.3) is 0 Å². The number of nitrogens with two attached hydrogens (primary N) is 1. The molecule has 0 aromatic rings. The van der Waals surface area contributed by atoms with Gasteiger partial charge in [-0.25, -0.2) is 4.79 Å². The van der Waals surface area contributed by atoms with E-state index < -0.39 is 0 Å². The van der Waals surface area contributed by atoms with Crippen molar-refractivity contribution in [2.24, 2.45) is 11.7 Å². The standard InChI is InChI=1S/C11H24N4O/c1-4-6-7-14-11(16)15(5-2)8-9(3)10(12)13/h9H,4-8H2,1-3H3,(H3,12,13)(H,14,16). The second-order valence-corrected chi connectivity index (χ2v) is 3.98. The predicted octanol–water partition coefficient (Wildman–Crippen LogP) is 1.39. The molecule has 0 aromatic carbocycles. The van der Waals surface area contributed by atoms with E-state index in [9.17, 15) is 4.79 Å². The molecule has 2 amide bonds. The van der Waals surface area contributed by atoms with E-state index in [0.29, 0.717) is 19.6 Å². The summed E-state index contributed by atoms with van der Waals surface area (Å²) < 4.78 is 0. The van der Waals surface area contributed by atoms with Gasteiger partial charge in [-0.1, -0.05) is 20.3 Å². The molecule has 4 N–H and O–H groups in total. The SMILES string of the molecule is CCCCNC(=O)N(CC)CC(C)C(=N)N. The van der Waals surface area contributed by atoms with Crippen molar-refractivity contribution in [1.29, 1.82) is 5.41 Å². The fourth-order valence-electron chi connectivity index (χ4n) is 1.27. The minimum Gasteiger partial charge on any atom is -0.387 e. The Labute approximate surface area is 97.9 Å². The highest BCUT2D eigenvalue weighted by molar-refractivity contribution is 5.80. The molecule has 0 saturated carbocycles. The normalized spacial score (nSPS) is 11.9. The molecule has 0 spiro atoms. The molecule has 0 heterocycles. The van der Waals surface area contributed by atoms with Crippen LogP contribution in [-0.2, 0) is 0 Å². The van der Waals surface area contributed by atoms with Gasteiger partial charge in [0.15, 0.2) is 0 Å². The van der Waals surface area contributed by atoms with Crippen LogP contribution in [0.15, 0.2) is 0 Å². The fourth-order valence-corrected chi connectivity index (χ4v) is 1.27. The van der Waals surface area contributed by atoms with Crippen LogP contribution in [0.3, 0.4) is 0 Å². The first-order valence-corrected chi connectivity index (χ1v) is 5.89. The second-order valence-electron chi connectivity index (χ2n) is 3.98. The van der Waals surface area contributed by atoms with Crippen LogP contribution in [0.4, 0.5) is 4.79 Å². The molecule has 5 heteroatoms. The topological polar surface area (TPSA) is 82.2 Å². The molecule has 0 fully saturated rings. The van der Waals surface area contributed by atoms with Gasteiger partial charge in [0.05, 0.1) is 5.84 Å². The maximum atomic E-state index is 11.7. The average molecular weight is 228 g/mol. The highest BCUT2D eigenvalue weighted by Crippen LogP contribution is 2.00. The molecule has 1 atom stereocenters. The van der Waals surface area contributed by atoms with E-state index >= 15 is 0 Å². The van der Waals surface area contributed by atoms with Crippen LogP contribution in [-0.4, -0.2) is 36.4 Å². The van der Waals surface area contributed by atoms with Crippen molar-refractivity contribution >= 4 is 11.9 Å². The summed E-state index contributed by atoms with van der Waals surface area (Å²) in [6.45, 7) is 7.71. The van der Waals surface area contributed by atoms with Gasteiger partial charge in [-0.3, -0.25) is 5.41 Å². The van der Waals surface area contributed by atoms with Crippen LogP contribution in [0.2, 0.25) is 0 Å². The molecule has 0 bridgehead atoms. The quantitative estimate of drug-likeness (QED) is 0.349. The third kappa shape index (κ3) is 5.58. The minimum absolute atomic E-state index is 0.0657. The van der Waals surface area contributed by atoms with E-state index in [1.165, 1.54) is 0 Å². The Balaban J connectivity index is 4.06. The lowest BCUT2D eigenvalue weighted by Gasteiger charge is -2.24. The maximum absolute atomic E-state index is 11.7. The number of carbonyl (C=O) groups excluding carboxylic acids is 1. The van der Waals surface area contributed by atoms with Crippen molar-refractivity contribution in [3.63, 3.8) is 0 Å². The first-order valence-electron chi connectivity index (χ1n) is 5.89. The molecule has 94 valence electrons. The number of amides is 2. The Morgan fingerprint density at radius 1 is 1.50 bits per heavy atom. The zero-order chi connectivity index (χ0) is 12.6. The van der Waals surface area contributed by atoms with Gasteiger partial charge in [0, 0.05) is 25.6 Å². The summed E-state index contributed by atoms with van der Waals surface area (Å²) in [5.41, 5.74) is 5.39. The van der Waals surface area contributed by atoms with Gasteiger partial charge in [-0.15, -0.1) is 0 Å². The number of rotatable bonds is 7. The third-order valence-electron chi connectivity index (χ3n) is 2.50. The first kappa shape index (κ1) is 14.7. The summed E-state index contributed by atoms with van der Waals surface area (Å²) in [7, 11) is 0. The van der Waals surface area contributed by atoms with E-state index in [-0.39, 0.29) is 17.8 Å². The number of hydrogen-bond donors (Lipinski definition) is 3. The molecule has 0 aromatic heterocycles. The molecule has 16 heavy (non-hydrogen) atoms. The summed E-state index contributed by atoms with van der Waals surface area (Å²) in [5.74, 6) is 0.0386. The van der Waals surface area contributed by atoms with E-state index in [0.717, 1.165) is 12.8 Å². The first-order chi connectivity index (χ1) is 7.52. The molecule has 0 aliphatic carbocycles. The Bertz CT molecular complexity index is 230. The lowest BCUT2D eigenvalue weighted by Crippen LogP contribution is -2.44. The van der Waals surface area contributed by atoms with Crippen LogP contribution >= 0.6 is 0 Å². The Kier molecular flexibility index (Phi) is 7.33. The van der Waals surface area contributed by atoms with Crippen LogP contribution in [0, 0.1) is 11.3 Å². The average Bonchev–Trinajstić information content (AvgIpc) is 2.25. The number of nitrogens with zero attached hydrogens (tertiary/aromatic N) is 1. The summed E-state index contributed by atoms with van der Waals surface area (Å²) >= 11 is 0. The van der Waals surface area contributed by atoms with Crippen LogP contribution < -0.4 is 11.1 Å². The van der Waals surface area contributed by atoms with Crippen molar-refractivity contribution in [1.82, 2.24) is 10.2 Å². The van der Waals surface area contributed by atoms with E-state index in [4.69, 9.17) is 11.1 Å². The lowest BCUT2D eigenvalue weighted by atomic mass is 10.1. The van der Waals surface area contributed by atoms with Gasteiger partial charge < -0.3 is 16.0 Å². The zero-order valence-corrected chi connectivity index (χ0v) is 10.5. The predicted molar refractivity (Wildman–Crippen MR) is 66.6 cm³/mol. The molecule has 0 aliphatic heterocycles. The highest BCUT2D eigenvalue weighted by atomic mass is 16.2. The number of urea groups is 1. The monoisotopic (exact) mass is 228 g/mol. The third-order valence-corrected chi connectivity index (χ3v) is 2.50. The largest absolute Gasteiger partial charge is 0.387 e. The van der Waals surface area contributed by atoms with Gasteiger partial charge >= 0.3 is 6.03 Å². The van der Waals surface area contributed by atoms with Crippen LogP contribution in [0.1, 0.15) is 33.6 Å². The summed E-state index contributed by atoms with van der Waals surface area (Å²) in [6, 6.07) is -0.0657. The summed E-state index contributed by atoms with van der Waals surface area (Å²) in [6.07, 6.45) is 2.06. The smallest absolute Gasteiger partial charge is 0.317 e. The van der Waals surface area contributed by atoms with Crippen LogP contribution in [0.5, 0.6) is 0 Å². The lowest BCUT2D eigenvalue weighted by molar-refractivity contribution is 0.197. The number of unbranched alkanes of at least 4 members (excludes halogenated alkanes) is 1. The minimum atomic E-state index is -0.0862. The number of nitrogens with one attached hydrogen (secondary N) is 2. The van der Waals surface area contributed by atoms with Crippen LogP contribution in [0.25, 0.3) is 0 Å². The van der Waals surface area contributed by atoms with E-state index in [1.54, 1.807) is 4.90 Å². The molecule has 5 nitrogen and oxygen atoms in total. The number of carbonyl (C=O) groups is 1. The van der Waals surface area contributed by atoms with Crippen molar-refractivity contribution in [2.45, 2.75) is 33.6 Å². The Morgan fingerprint density at radius 3 is 2.56 bits per heavy atom. The highest BCUT2D eigenvalue weighted by Gasteiger charge is 2.15. The number of amidine groups is 1. The molecule has 0 saturated heterocycles. The van der Waals surface area contributed by atoms with Crippen molar-refractivity contribution in [3.05, 3.63) is 0 Å². The number of hydrogen-bond acceptors (Lipinski definition) is 2. The van der Waals surface area contributed by atoms with Gasteiger partial charge in [0.1, 0.15) is 0 Å². The van der Waals surface area contributed by atoms with Gasteiger partial charge in [0.2, 0.25) is 0 Å². The Hall–Kier alpha value is -1.26. The maximum Gasteiger partial charge on any atom is 0.317 e. The molecule has 1 unspecified atom stereocenters. The molecule has 0 rings (SSSR count). The van der Waals surface area contributed by atoms with Gasteiger partial charge in [-0.05, 0) is 13.3 Å². The van der Waals surface area contributed by atoms with E-state index in [1.807, 2.05) is 13.8 Å². The van der Waals surface area contributed by atoms with Crippen molar-refractivity contribution < 1.29 is 4.79 Å². The van der Waals surface area contributed by atoms with Crippen molar-refractivity contribution in [3.8, 4) is 0 Å². The molecule has 0 radical (unpaired) electrons. The molecular weight excluding hydrogens is 204 g/mol. The molecule has 0 aliphatic rings. The Morgan fingerprint density at radius 2 is 2.12 bits per heavy atom. The summed E-state index contributed by atoms with van der Waals surface area (Å²) in [5, 5.41) is 10.2. The molecular formula is C11H24N4O. The van der Waals surface area contributed by atoms with Crippen molar-refractivity contribution in [2.75, 3.05) is 19.6 Å².